The molecule has 0 aliphatic carbocycles. The van der Waals surface area contributed by atoms with Crippen molar-refractivity contribution in [1.82, 2.24) is 14.8 Å². The van der Waals surface area contributed by atoms with Crippen LogP contribution in [0.5, 0.6) is 0 Å². The number of nitrogens with one attached hydrogen (secondary N) is 1. The Labute approximate surface area is 140 Å². The number of rotatable bonds is 4. The predicted molar refractivity (Wildman–Crippen MR) is 87.4 cm³/mol. The lowest BCUT2D eigenvalue weighted by Gasteiger charge is -2.02. The number of carbonyl (C=O) groups is 1. The number of non-ortho nitro benzene ring substituents is 1. The highest BCUT2D eigenvalue weighted by molar-refractivity contribution is 6.30. The molecule has 1 amide bonds. The summed E-state index contributed by atoms with van der Waals surface area (Å²) in [6.45, 7) is 0. The number of nitro groups is 1. The molecule has 2 aromatic carbocycles. The summed E-state index contributed by atoms with van der Waals surface area (Å²) in [7, 11) is 0. The van der Waals surface area contributed by atoms with Gasteiger partial charge < -0.3 is 5.32 Å². The Balaban J connectivity index is 1.73. The molecular formula is C15H10ClN5O3. The Bertz CT molecular complexity index is 890. The highest BCUT2D eigenvalue weighted by Gasteiger charge is 2.13. The molecule has 3 aromatic rings. The Morgan fingerprint density at radius 3 is 2.42 bits per heavy atom. The summed E-state index contributed by atoms with van der Waals surface area (Å²) in [5.74, 6) is -0.542. The third-order valence-electron chi connectivity index (χ3n) is 3.12. The lowest BCUT2D eigenvalue weighted by atomic mass is 10.3. The van der Waals surface area contributed by atoms with Gasteiger partial charge in [0, 0.05) is 22.8 Å². The van der Waals surface area contributed by atoms with Crippen LogP contribution in [0.4, 0.5) is 11.4 Å². The van der Waals surface area contributed by atoms with E-state index in [0.29, 0.717) is 16.4 Å². The fraction of sp³-hybridized carbons (Fsp3) is 0. The smallest absolute Gasteiger partial charge is 0.295 e. The molecule has 1 heterocycles. The van der Waals surface area contributed by atoms with E-state index in [4.69, 9.17) is 11.6 Å². The Kier molecular flexibility index (Phi) is 4.21. The van der Waals surface area contributed by atoms with Crippen molar-refractivity contribution in [3.05, 3.63) is 75.8 Å². The number of halogens is 1. The summed E-state index contributed by atoms with van der Waals surface area (Å²) in [6, 6.07) is 12.4. The van der Waals surface area contributed by atoms with E-state index in [1.54, 1.807) is 24.3 Å². The van der Waals surface area contributed by atoms with Crippen molar-refractivity contribution in [3.8, 4) is 5.69 Å². The molecule has 0 bridgehead atoms. The van der Waals surface area contributed by atoms with Gasteiger partial charge in [0.25, 0.3) is 11.6 Å². The van der Waals surface area contributed by atoms with Crippen LogP contribution in [0.25, 0.3) is 5.69 Å². The Morgan fingerprint density at radius 1 is 1.12 bits per heavy atom. The summed E-state index contributed by atoms with van der Waals surface area (Å²) >= 11 is 5.82. The van der Waals surface area contributed by atoms with Gasteiger partial charge in [-0.3, -0.25) is 14.9 Å². The summed E-state index contributed by atoms with van der Waals surface area (Å²) in [4.78, 5) is 26.2. The molecule has 0 unspecified atom stereocenters. The minimum absolute atomic E-state index is 0.0247. The molecule has 3 rings (SSSR count). The molecule has 120 valence electrons. The summed E-state index contributed by atoms with van der Waals surface area (Å²) in [5.41, 5.74) is 1.06. The number of benzene rings is 2. The Morgan fingerprint density at radius 2 is 1.79 bits per heavy atom. The van der Waals surface area contributed by atoms with Crippen molar-refractivity contribution in [3.63, 3.8) is 0 Å². The Hall–Kier alpha value is -3.26. The number of amides is 1. The fourth-order valence-corrected chi connectivity index (χ4v) is 2.06. The van der Waals surface area contributed by atoms with E-state index in [2.05, 4.69) is 15.4 Å². The first-order valence-corrected chi connectivity index (χ1v) is 7.14. The summed E-state index contributed by atoms with van der Waals surface area (Å²) < 4.78 is 1.45. The van der Waals surface area contributed by atoms with Gasteiger partial charge in [-0.2, -0.15) is 0 Å². The van der Waals surface area contributed by atoms with E-state index in [1.807, 2.05) is 0 Å². The normalized spacial score (nSPS) is 10.4. The van der Waals surface area contributed by atoms with Gasteiger partial charge in [-0.25, -0.2) is 9.67 Å². The molecular weight excluding hydrogens is 334 g/mol. The molecule has 0 fully saturated rings. The molecule has 0 aliphatic rings. The van der Waals surface area contributed by atoms with Crippen LogP contribution in [-0.2, 0) is 0 Å². The highest BCUT2D eigenvalue weighted by atomic mass is 35.5. The second kappa shape index (κ2) is 6.47. The summed E-state index contributed by atoms with van der Waals surface area (Å²) in [5, 5.41) is 17.9. The standard InChI is InChI=1S/C15H10ClN5O3/c16-10-1-5-12(6-2-10)20-9-17-14(19-20)15(22)18-11-3-7-13(8-4-11)21(23)24/h1-9H,(H,18,22). The zero-order valence-electron chi connectivity index (χ0n) is 12.1. The molecule has 1 aromatic heterocycles. The number of anilines is 1. The maximum Gasteiger partial charge on any atom is 0.295 e. The molecule has 8 nitrogen and oxygen atoms in total. The first-order valence-electron chi connectivity index (χ1n) is 6.76. The van der Waals surface area contributed by atoms with Crippen LogP contribution in [-0.4, -0.2) is 25.6 Å². The largest absolute Gasteiger partial charge is 0.319 e. The first-order chi connectivity index (χ1) is 11.5. The van der Waals surface area contributed by atoms with E-state index in [0.717, 1.165) is 0 Å². The topological polar surface area (TPSA) is 103 Å². The minimum atomic E-state index is -0.517. The highest BCUT2D eigenvalue weighted by Crippen LogP contribution is 2.16. The van der Waals surface area contributed by atoms with Crippen molar-refractivity contribution in [2.45, 2.75) is 0 Å². The molecule has 0 radical (unpaired) electrons. The second-order valence-corrected chi connectivity index (χ2v) is 5.18. The van der Waals surface area contributed by atoms with Gasteiger partial charge in [0.15, 0.2) is 0 Å². The van der Waals surface area contributed by atoms with Crippen molar-refractivity contribution >= 4 is 28.9 Å². The van der Waals surface area contributed by atoms with Crippen LogP contribution in [0.15, 0.2) is 54.9 Å². The van der Waals surface area contributed by atoms with Crippen LogP contribution in [0.1, 0.15) is 10.6 Å². The second-order valence-electron chi connectivity index (χ2n) is 4.75. The van der Waals surface area contributed by atoms with Crippen LogP contribution >= 0.6 is 11.6 Å². The van der Waals surface area contributed by atoms with Crippen LogP contribution in [0, 0.1) is 10.1 Å². The number of nitro benzene ring substituents is 1. The zero-order chi connectivity index (χ0) is 17.1. The van der Waals surface area contributed by atoms with Crippen LogP contribution in [0.2, 0.25) is 5.02 Å². The van der Waals surface area contributed by atoms with Crippen molar-refractivity contribution in [1.29, 1.82) is 0 Å². The van der Waals surface area contributed by atoms with Gasteiger partial charge in [0.1, 0.15) is 6.33 Å². The molecule has 0 aliphatic heterocycles. The minimum Gasteiger partial charge on any atom is -0.319 e. The predicted octanol–water partition coefficient (Wildman–Crippen LogP) is 3.08. The van der Waals surface area contributed by atoms with Crippen molar-refractivity contribution in [2.24, 2.45) is 0 Å². The maximum atomic E-state index is 12.1. The third kappa shape index (κ3) is 3.39. The van der Waals surface area contributed by atoms with Gasteiger partial charge in [-0.05, 0) is 36.4 Å². The number of aromatic nitrogens is 3. The monoisotopic (exact) mass is 343 g/mol. The van der Waals surface area contributed by atoms with Crippen molar-refractivity contribution < 1.29 is 9.72 Å². The van der Waals surface area contributed by atoms with E-state index in [-0.39, 0.29) is 11.5 Å². The van der Waals surface area contributed by atoms with Gasteiger partial charge in [0.2, 0.25) is 5.82 Å². The van der Waals surface area contributed by atoms with Crippen molar-refractivity contribution in [2.75, 3.05) is 5.32 Å². The van der Waals surface area contributed by atoms with E-state index < -0.39 is 10.8 Å². The number of carbonyl (C=O) groups excluding carboxylic acids is 1. The number of nitrogens with zero attached hydrogens (tertiary/aromatic N) is 4. The zero-order valence-corrected chi connectivity index (χ0v) is 12.8. The SMILES string of the molecule is O=C(Nc1ccc([N+](=O)[O-])cc1)c1ncn(-c2ccc(Cl)cc2)n1. The molecule has 0 saturated carbocycles. The lowest BCUT2D eigenvalue weighted by molar-refractivity contribution is -0.384. The lowest BCUT2D eigenvalue weighted by Crippen LogP contribution is -2.14. The molecule has 0 atom stereocenters. The average molecular weight is 344 g/mol. The van der Waals surface area contributed by atoms with Gasteiger partial charge in [0.05, 0.1) is 10.6 Å². The molecule has 0 saturated heterocycles. The van der Waals surface area contributed by atoms with Crippen LogP contribution in [0.3, 0.4) is 0 Å². The summed E-state index contributed by atoms with van der Waals surface area (Å²) in [6.07, 6.45) is 1.41. The van der Waals surface area contributed by atoms with E-state index in [1.165, 1.54) is 35.3 Å². The van der Waals surface area contributed by atoms with Gasteiger partial charge in [-0.15, -0.1) is 5.10 Å². The molecule has 0 spiro atoms. The first kappa shape index (κ1) is 15.6. The van der Waals surface area contributed by atoms with E-state index >= 15 is 0 Å². The van der Waals surface area contributed by atoms with Gasteiger partial charge in [-0.1, -0.05) is 11.6 Å². The molecule has 1 N–H and O–H groups in total. The third-order valence-corrected chi connectivity index (χ3v) is 3.37. The number of hydrogen-bond acceptors (Lipinski definition) is 5. The van der Waals surface area contributed by atoms with E-state index in [9.17, 15) is 14.9 Å². The van der Waals surface area contributed by atoms with Crippen LogP contribution < -0.4 is 5.32 Å². The van der Waals surface area contributed by atoms with Gasteiger partial charge >= 0.3 is 0 Å². The molecule has 24 heavy (non-hydrogen) atoms. The molecule has 9 heteroatoms. The fourth-order valence-electron chi connectivity index (χ4n) is 1.94. The average Bonchev–Trinajstić information content (AvgIpc) is 3.06. The quantitative estimate of drug-likeness (QED) is 0.579. The number of hydrogen-bond donors (Lipinski definition) is 1. The maximum absolute atomic E-state index is 12.1.